The van der Waals surface area contributed by atoms with E-state index in [-0.39, 0.29) is 33.1 Å². The number of fused-ring (bicyclic) bond motifs is 6. The number of hydrogen-bond acceptors (Lipinski definition) is 4. The van der Waals surface area contributed by atoms with Crippen LogP contribution in [0.2, 0.25) is 10.0 Å². The number of nitrogens with one attached hydrogen (secondary N) is 1. The van der Waals surface area contributed by atoms with E-state index in [0.29, 0.717) is 16.8 Å². The number of carbonyl (C=O) groups excluding carboxylic acids is 3. The van der Waals surface area contributed by atoms with Crippen molar-refractivity contribution in [1.29, 1.82) is 0 Å². The first-order valence-corrected chi connectivity index (χ1v) is 13.7. The molecule has 3 heterocycles. The van der Waals surface area contributed by atoms with Crippen LogP contribution in [0.1, 0.15) is 31.8 Å². The molecule has 7 rings (SSSR count). The molecule has 40 heavy (non-hydrogen) atoms. The Morgan fingerprint density at radius 2 is 1.35 bits per heavy atom. The van der Waals surface area contributed by atoms with Crippen LogP contribution in [-0.2, 0) is 10.2 Å². The lowest BCUT2D eigenvalue weighted by Crippen LogP contribution is -2.51. The first-order valence-electron chi connectivity index (χ1n) is 13.0. The summed E-state index contributed by atoms with van der Waals surface area (Å²) in [6.45, 7) is 0. The minimum atomic E-state index is -1.40. The summed E-state index contributed by atoms with van der Waals surface area (Å²) in [5, 5.41) is 3.57. The number of halogens is 2. The van der Waals surface area contributed by atoms with Crippen LogP contribution in [0.3, 0.4) is 0 Å². The summed E-state index contributed by atoms with van der Waals surface area (Å²) in [7, 11) is 0. The van der Waals surface area contributed by atoms with Gasteiger partial charge in [0.05, 0.1) is 22.0 Å². The van der Waals surface area contributed by atoms with Crippen molar-refractivity contribution in [3.05, 3.63) is 135 Å². The second-order valence-corrected chi connectivity index (χ2v) is 11.1. The van der Waals surface area contributed by atoms with E-state index in [9.17, 15) is 14.4 Å². The third-order valence-electron chi connectivity index (χ3n) is 8.37. The maximum absolute atomic E-state index is 14.8. The predicted molar refractivity (Wildman–Crippen MR) is 157 cm³/mol. The van der Waals surface area contributed by atoms with E-state index in [1.807, 2.05) is 65.6 Å². The maximum Gasteiger partial charge on any atom is 0.238 e. The Kier molecular flexibility index (Phi) is 5.70. The molecule has 1 fully saturated rings. The topological polar surface area (TPSA) is 66.5 Å². The van der Waals surface area contributed by atoms with Gasteiger partial charge in [0.2, 0.25) is 5.91 Å². The molecule has 0 unspecified atom stereocenters. The van der Waals surface area contributed by atoms with Crippen LogP contribution in [0.5, 0.6) is 0 Å². The highest BCUT2D eigenvalue weighted by Gasteiger charge is 2.70. The van der Waals surface area contributed by atoms with Gasteiger partial charge in [-0.2, -0.15) is 0 Å². The summed E-state index contributed by atoms with van der Waals surface area (Å²) < 4.78 is 0. The molecular formula is C33H22Cl2N2O3. The molecule has 3 aliphatic heterocycles. The number of amides is 1. The fraction of sp³-hybridized carbons (Fsp3) is 0.121. The first kappa shape index (κ1) is 24.8. The monoisotopic (exact) mass is 564 g/mol. The van der Waals surface area contributed by atoms with Crippen LogP contribution in [0.4, 0.5) is 11.4 Å². The molecule has 4 aromatic carbocycles. The molecule has 196 valence electrons. The zero-order chi connectivity index (χ0) is 27.6. The highest BCUT2D eigenvalue weighted by atomic mass is 35.5. The average molecular weight is 565 g/mol. The van der Waals surface area contributed by atoms with Crippen molar-refractivity contribution < 1.29 is 14.4 Å². The van der Waals surface area contributed by atoms with Crippen molar-refractivity contribution >= 4 is 58.1 Å². The zero-order valence-electron chi connectivity index (χ0n) is 21.1. The molecule has 1 N–H and O–H groups in total. The molecule has 4 aromatic rings. The van der Waals surface area contributed by atoms with E-state index < -0.39 is 23.4 Å². The molecule has 0 bridgehead atoms. The maximum atomic E-state index is 14.8. The van der Waals surface area contributed by atoms with Crippen LogP contribution < -0.4 is 10.2 Å². The summed E-state index contributed by atoms with van der Waals surface area (Å²) in [6.07, 6.45) is 3.91. The van der Waals surface area contributed by atoms with Gasteiger partial charge >= 0.3 is 0 Å². The number of Topliss-reactive ketones (excluding diaryl/α,β-unsaturated/α-hetero) is 2. The number of carbonyl (C=O) groups is 3. The molecule has 1 saturated heterocycles. The third kappa shape index (κ3) is 3.31. The van der Waals surface area contributed by atoms with Gasteiger partial charge in [-0.05, 0) is 47.5 Å². The lowest BCUT2D eigenvalue weighted by atomic mass is 9.64. The normalized spacial score (nSPS) is 23.9. The molecule has 4 atom stereocenters. The second kappa shape index (κ2) is 9.19. The number of hydrogen-bond donors (Lipinski definition) is 1. The van der Waals surface area contributed by atoms with Gasteiger partial charge in [-0.15, -0.1) is 0 Å². The fourth-order valence-corrected chi connectivity index (χ4v) is 7.23. The Labute approximate surface area is 241 Å². The molecule has 0 radical (unpaired) electrons. The largest absolute Gasteiger partial charge is 0.352 e. The van der Waals surface area contributed by atoms with E-state index in [4.69, 9.17) is 23.2 Å². The molecule has 0 aliphatic carbocycles. The second-order valence-electron chi connectivity index (χ2n) is 10.2. The Hall–Kier alpha value is -4.19. The highest BCUT2D eigenvalue weighted by Crippen LogP contribution is 2.58. The van der Waals surface area contributed by atoms with Crippen molar-refractivity contribution in [3.63, 3.8) is 0 Å². The molecule has 1 spiro atoms. The number of benzene rings is 4. The van der Waals surface area contributed by atoms with Crippen LogP contribution in [0.15, 0.2) is 103 Å². The predicted octanol–water partition coefficient (Wildman–Crippen LogP) is 6.85. The lowest BCUT2D eigenvalue weighted by molar-refractivity contribution is -0.121. The van der Waals surface area contributed by atoms with Crippen molar-refractivity contribution in [1.82, 2.24) is 0 Å². The molecule has 0 aromatic heterocycles. The Bertz CT molecular complexity index is 1770. The Morgan fingerprint density at radius 3 is 2.08 bits per heavy atom. The van der Waals surface area contributed by atoms with Crippen LogP contribution >= 0.6 is 23.2 Å². The smallest absolute Gasteiger partial charge is 0.238 e. The average Bonchev–Trinajstić information content (AvgIpc) is 3.45. The van der Waals surface area contributed by atoms with Crippen molar-refractivity contribution in [2.45, 2.75) is 17.5 Å². The van der Waals surface area contributed by atoms with Crippen LogP contribution in [0, 0.1) is 5.92 Å². The standard InChI is InChI=1S/C33H22Cl2N2O3/c34-23-13-5-2-10-20(23)30(38)28-29(31(39)21-11-3-6-14-24(21)35)37-26-16-8-1-9-19(26)17-18-27(37)33(28)22-12-4-7-15-25(22)36-32(33)40/h1-18,27-29H,(H,36,40)/t27-,28-,29+,33-/m1/s1. The third-order valence-corrected chi connectivity index (χ3v) is 9.03. The van der Waals surface area contributed by atoms with Gasteiger partial charge in [0.1, 0.15) is 11.5 Å². The summed E-state index contributed by atoms with van der Waals surface area (Å²) >= 11 is 13.1. The van der Waals surface area contributed by atoms with E-state index >= 15 is 0 Å². The quantitative estimate of drug-likeness (QED) is 0.275. The van der Waals surface area contributed by atoms with Crippen LogP contribution in [-0.4, -0.2) is 29.6 Å². The number of anilines is 2. The van der Waals surface area contributed by atoms with Crippen LogP contribution in [0.25, 0.3) is 6.08 Å². The molecule has 7 heteroatoms. The van der Waals surface area contributed by atoms with E-state index in [1.54, 1.807) is 48.5 Å². The van der Waals surface area contributed by atoms with Gasteiger partial charge in [0.25, 0.3) is 0 Å². The van der Waals surface area contributed by atoms with E-state index in [1.165, 1.54) is 0 Å². The summed E-state index contributed by atoms with van der Waals surface area (Å²) in [5.74, 6) is -2.14. The van der Waals surface area contributed by atoms with E-state index in [2.05, 4.69) is 5.32 Å². The molecule has 1 amide bonds. The van der Waals surface area contributed by atoms with Gasteiger partial charge in [-0.1, -0.05) is 96.0 Å². The number of para-hydroxylation sites is 2. The molecule has 0 saturated carbocycles. The summed E-state index contributed by atoms with van der Waals surface area (Å²) in [6, 6.07) is 27.0. The Morgan fingerprint density at radius 1 is 0.750 bits per heavy atom. The number of rotatable bonds is 4. The van der Waals surface area contributed by atoms with Gasteiger partial charge in [-0.3, -0.25) is 14.4 Å². The molecule has 3 aliphatic rings. The van der Waals surface area contributed by atoms with E-state index in [0.717, 1.165) is 11.3 Å². The summed E-state index contributed by atoms with van der Waals surface area (Å²) in [5.41, 5.74) is 2.12. The van der Waals surface area contributed by atoms with Gasteiger partial charge < -0.3 is 10.2 Å². The SMILES string of the molecule is O=C(c1ccccc1Cl)[C@@H]1[C@H](C(=O)c2ccccc2Cl)[C@]2(C(=O)Nc3ccccc32)[C@H]2C=Cc3ccccc3N12. The molecule has 5 nitrogen and oxygen atoms in total. The first-order chi connectivity index (χ1) is 19.4. The summed E-state index contributed by atoms with van der Waals surface area (Å²) in [4.78, 5) is 45.7. The Balaban J connectivity index is 1.56. The highest BCUT2D eigenvalue weighted by molar-refractivity contribution is 6.35. The zero-order valence-corrected chi connectivity index (χ0v) is 22.6. The van der Waals surface area contributed by atoms with Gasteiger partial charge in [0, 0.05) is 22.5 Å². The lowest BCUT2D eigenvalue weighted by Gasteiger charge is -2.37. The minimum Gasteiger partial charge on any atom is -0.352 e. The van der Waals surface area contributed by atoms with Gasteiger partial charge in [0.15, 0.2) is 11.6 Å². The van der Waals surface area contributed by atoms with Crippen molar-refractivity contribution in [2.75, 3.05) is 10.2 Å². The van der Waals surface area contributed by atoms with Crippen molar-refractivity contribution in [3.8, 4) is 0 Å². The number of ketones is 2. The fourth-order valence-electron chi connectivity index (χ4n) is 6.77. The number of nitrogens with zero attached hydrogens (tertiary/aromatic N) is 1. The minimum absolute atomic E-state index is 0.263. The van der Waals surface area contributed by atoms with Crippen molar-refractivity contribution in [2.24, 2.45) is 5.92 Å². The van der Waals surface area contributed by atoms with Gasteiger partial charge in [-0.25, -0.2) is 0 Å². The molecular weight excluding hydrogens is 543 g/mol.